The second-order valence-corrected chi connectivity index (χ2v) is 5.63. The molecule has 1 N–H and O–H groups in total. The maximum Gasteiger partial charge on any atom is 0.314 e. The summed E-state index contributed by atoms with van der Waals surface area (Å²) in [5.41, 5.74) is 1.63. The van der Waals surface area contributed by atoms with Gasteiger partial charge in [0.05, 0.1) is 5.41 Å². The SMILES string of the molecule is CC(C)c1nc2cc(C3(C(=O)O)CCC3)ccc2o1. The average Bonchev–Trinajstić information content (AvgIpc) is 2.70. The summed E-state index contributed by atoms with van der Waals surface area (Å²) < 4.78 is 5.65. The lowest BCUT2D eigenvalue weighted by Crippen LogP contribution is -2.42. The van der Waals surface area contributed by atoms with Crippen molar-refractivity contribution in [3.05, 3.63) is 29.7 Å². The number of oxazole rings is 1. The Hall–Kier alpha value is -1.84. The molecule has 2 aromatic rings. The van der Waals surface area contributed by atoms with Crippen LogP contribution in [0.15, 0.2) is 22.6 Å². The summed E-state index contributed by atoms with van der Waals surface area (Å²) in [6.45, 7) is 4.05. The van der Waals surface area contributed by atoms with E-state index in [0.29, 0.717) is 18.7 Å². The molecule has 0 bridgehead atoms. The third-order valence-corrected chi connectivity index (χ3v) is 4.07. The normalized spacial score (nSPS) is 17.6. The number of aliphatic carboxylic acids is 1. The van der Waals surface area contributed by atoms with Gasteiger partial charge in [0, 0.05) is 5.92 Å². The van der Waals surface area contributed by atoms with Crippen LogP contribution in [0.5, 0.6) is 0 Å². The number of carbonyl (C=O) groups is 1. The van der Waals surface area contributed by atoms with E-state index in [9.17, 15) is 9.90 Å². The molecule has 1 aliphatic carbocycles. The van der Waals surface area contributed by atoms with E-state index in [-0.39, 0.29) is 5.92 Å². The molecule has 0 saturated heterocycles. The maximum atomic E-state index is 11.5. The number of aromatic nitrogens is 1. The van der Waals surface area contributed by atoms with Crippen LogP contribution in [0.2, 0.25) is 0 Å². The van der Waals surface area contributed by atoms with Crippen LogP contribution in [0.3, 0.4) is 0 Å². The molecule has 0 atom stereocenters. The summed E-state index contributed by atoms with van der Waals surface area (Å²) >= 11 is 0. The summed E-state index contributed by atoms with van der Waals surface area (Å²) in [6.07, 6.45) is 2.39. The molecule has 0 radical (unpaired) electrons. The highest BCUT2D eigenvalue weighted by molar-refractivity contribution is 5.85. The van der Waals surface area contributed by atoms with E-state index in [1.54, 1.807) is 0 Å². The topological polar surface area (TPSA) is 63.3 Å². The van der Waals surface area contributed by atoms with Crippen molar-refractivity contribution in [2.75, 3.05) is 0 Å². The Bertz CT molecular complexity index is 638. The van der Waals surface area contributed by atoms with Crippen molar-refractivity contribution in [3.8, 4) is 0 Å². The number of rotatable bonds is 3. The van der Waals surface area contributed by atoms with Gasteiger partial charge < -0.3 is 9.52 Å². The van der Waals surface area contributed by atoms with Crippen molar-refractivity contribution in [3.63, 3.8) is 0 Å². The molecule has 0 unspecified atom stereocenters. The molecule has 1 saturated carbocycles. The predicted molar refractivity (Wildman–Crippen MR) is 71.3 cm³/mol. The Morgan fingerprint density at radius 3 is 2.68 bits per heavy atom. The van der Waals surface area contributed by atoms with Crippen LogP contribution < -0.4 is 0 Å². The average molecular weight is 259 g/mol. The molecule has 1 fully saturated rings. The molecule has 19 heavy (non-hydrogen) atoms. The minimum atomic E-state index is -0.731. The Morgan fingerprint density at radius 2 is 2.16 bits per heavy atom. The summed E-state index contributed by atoms with van der Waals surface area (Å²) in [5.74, 6) is 0.198. The van der Waals surface area contributed by atoms with Gasteiger partial charge in [0.25, 0.3) is 0 Å². The van der Waals surface area contributed by atoms with Crippen molar-refractivity contribution in [1.29, 1.82) is 0 Å². The van der Waals surface area contributed by atoms with Crippen molar-refractivity contribution in [1.82, 2.24) is 4.98 Å². The van der Waals surface area contributed by atoms with Crippen molar-refractivity contribution in [2.45, 2.75) is 44.4 Å². The van der Waals surface area contributed by atoms with Gasteiger partial charge in [0.15, 0.2) is 11.5 Å². The molecular formula is C15H17NO3. The van der Waals surface area contributed by atoms with Crippen LogP contribution >= 0.6 is 0 Å². The lowest BCUT2D eigenvalue weighted by Gasteiger charge is -2.38. The first-order valence-corrected chi connectivity index (χ1v) is 6.67. The summed E-state index contributed by atoms with van der Waals surface area (Å²) in [5, 5.41) is 9.46. The van der Waals surface area contributed by atoms with Gasteiger partial charge in [-0.25, -0.2) is 4.98 Å². The second-order valence-electron chi connectivity index (χ2n) is 5.63. The van der Waals surface area contributed by atoms with Crippen LogP contribution in [0, 0.1) is 0 Å². The fourth-order valence-electron chi connectivity index (χ4n) is 2.65. The Morgan fingerprint density at radius 1 is 1.42 bits per heavy atom. The molecule has 1 heterocycles. The van der Waals surface area contributed by atoms with E-state index in [1.165, 1.54) is 0 Å². The lowest BCUT2D eigenvalue weighted by atomic mass is 9.64. The Kier molecular flexibility index (Phi) is 2.62. The van der Waals surface area contributed by atoms with E-state index < -0.39 is 11.4 Å². The van der Waals surface area contributed by atoms with Gasteiger partial charge in [0.1, 0.15) is 5.52 Å². The molecule has 4 nitrogen and oxygen atoms in total. The molecule has 1 aliphatic rings. The summed E-state index contributed by atoms with van der Waals surface area (Å²) in [4.78, 5) is 16.0. The first-order valence-electron chi connectivity index (χ1n) is 6.67. The van der Waals surface area contributed by atoms with Gasteiger partial charge in [-0.05, 0) is 30.5 Å². The highest BCUT2D eigenvalue weighted by Crippen LogP contribution is 2.44. The molecule has 0 spiro atoms. The molecule has 100 valence electrons. The molecule has 1 aromatic heterocycles. The van der Waals surface area contributed by atoms with Crippen LogP contribution in [0.4, 0.5) is 0 Å². The first kappa shape index (κ1) is 12.2. The number of hydrogen-bond donors (Lipinski definition) is 1. The zero-order chi connectivity index (χ0) is 13.6. The molecule has 3 rings (SSSR count). The van der Waals surface area contributed by atoms with Gasteiger partial charge in [-0.1, -0.05) is 26.3 Å². The van der Waals surface area contributed by atoms with Crippen LogP contribution in [-0.4, -0.2) is 16.1 Å². The maximum absolute atomic E-state index is 11.5. The number of fused-ring (bicyclic) bond motifs is 1. The molecule has 1 aromatic carbocycles. The third-order valence-electron chi connectivity index (χ3n) is 4.07. The molecule has 4 heteroatoms. The quantitative estimate of drug-likeness (QED) is 0.916. The zero-order valence-corrected chi connectivity index (χ0v) is 11.1. The zero-order valence-electron chi connectivity index (χ0n) is 11.1. The van der Waals surface area contributed by atoms with Crippen LogP contribution in [0.1, 0.15) is 50.5 Å². The second kappa shape index (κ2) is 4.08. The van der Waals surface area contributed by atoms with E-state index in [4.69, 9.17) is 4.42 Å². The van der Waals surface area contributed by atoms with Gasteiger partial charge in [-0.2, -0.15) is 0 Å². The van der Waals surface area contributed by atoms with E-state index in [2.05, 4.69) is 4.98 Å². The monoisotopic (exact) mass is 259 g/mol. The lowest BCUT2D eigenvalue weighted by molar-refractivity contribution is -0.147. The van der Waals surface area contributed by atoms with E-state index in [1.807, 2.05) is 32.0 Å². The summed E-state index contributed by atoms with van der Waals surface area (Å²) in [7, 11) is 0. The Balaban J connectivity index is 2.08. The number of carboxylic acids is 1. The standard InChI is InChI=1S/C15H17NO3/c1-9(2)13-16-11-8-10(4-5-12(11)19-13)15(14(17)18)6-3-7-15/h4-5,8-9H,3,6-7H2,1-2H3,(H,17,18). The van der Waals surface area contributed by atoms with E-state index in [0.717, 1.165) is 23.1 Å². The fraction of sp³-hybridized carbons (Fsp3) is 0.467. The number of carboxylic acid groups (broad SMARTS) is 1. The van der Waals surface area contributed by atoms with Crippen LogP contribution in [-0.2, 0) is 10.2 Å². The largest absolute Gasteiger partial charge is 0.481 e. The smallest absolute Gasteiger partial charge is 0.314 e. The Labute approximate surface area is 111 Å². The minimum Gasteiger partial charge on any atom is -0.481 e. The minimum absolute atomic E-state index is 0.230. The van der Waals surface area contributed by atoms with Gasteiger partial charge in [-0.3, -0.25) is 4.79 Å². The fourth-order valence-corrected chi connectivity index (χ4v) is 2.65. The highest BCUT2D eigenvalue weighted by Gasteiger charge is 2.46. The van der Waals surface area contributed by atoms with Crippen molar-refractivity contribution < 1.29 is 14.3 Å². The molecule has 0 amide bonds. The van der Waals surface area contributed by atoms with Crippen molar-refractivity contribution >= 4 is 17.1 Å². The number of hydrogen-bond acceptors (Lipinski definition) is 3. The predicted octanol–water partition coefficient (Wildman–Crippen LogP) is 3.46. The van der Waals surface area contributed by atoms with E-state index >= 15 is 0 Å². The van der Waals surface area contributed by atoms with Gasteiger partial charge in [-0.15, -0.1) is 0 Å². The van der Waals surface area contributed by atoms with Gasteiger partial charge in [0.2, 0.25) is 0 Å². The number of benzene rings is 1. The first-order chi connectivity index (χ1) is 9.03. The number of nitrogens with zero attached hydrogens (tertiary/aromatic N) is 1. The molecule has 0 aliphatic heterocycles. The third kappa shape index (κ3) is 1.74. The van der Waals surface area contributed by atoms with Gasteiger partial charge >= 0.3 is 5.97 Å². The van der Waals surface area contributed by atoms with Crippen molar-refractivity contribution in [2.24, 2.45) is 0 Å². The highest BCUT2D eigenvalue weighted by atomic mass is 16.4. The summed E-state index contributed by atoms with van der Waals surface area (Å²) in [6, 6.07) is 5.58. The molecular weight excluding hydrogens is 242 g/mol. The van der Waals surface area contributed by atoms with Crippen LogP contribution in [0.25, 0.3) is 11.1 Å².